The second kappa shape index (κ2) is 10.2. The molecule has 0 saturated carbocycles. The van der Waals surface area contributed by atoms with Gasteiger partial charge in [-0.15, -0.1) is 0 Å². The number of hydrogen-bond donors (Lipinski definition) is 0. The summed E-state index contributed by atoms with van der Waals surface area (Å²) in [5.41, 5.74) is 10.6. The molecule has 0 spiro atoms. The van der Waals surface area contributed by atoms with Crippen LogP contribution in [0, 0.1) is 0 Å². The van der Waals surface area contributed by atoms with E-state index < -0.39 is 0 Å². The predicted octanol–water partition coefficient (Wildman–Crippen LogP) is 15.3. The van der Waals surface area contributed by atoms with Crippen LogP contribution in [-0.2, 0) is 0 Å². The highest BCUT2D eigenvalue weighted by Gasteiger charge is 2.20. The zero-order chi connectivity index (χ0) is 36.2. The highest BCUT2D eigenvalue weighted by molar-refractivity contribution is 6.33. The molecule has 0 fully saturated rings. The van der Waals surface area contributed by atoms with Crippen molar-refractivity contribution in [3.05, 3.63) is 176 Å². The summed E-state index contributed by atoms with van der Waals surface area (Å²) in [5.74, 6) is 0. The lowest BCUT2D eigenvalue weighted by atomic mass is 9.89. The van der Waals surface area contributed by atoms with Gasteiger partial charge in [0.2, 0.25) is 0 Å². The molecule has 0 saturated heterocycles. The van der Waals surface area contributed by atoms with Crippen molar-refractivity contribution in [3.63, 3.8) is 0 Å². The number of benzene rings is 11. The molecule has 2 heteroatoms. The third-order valence-electron chi connectivity index (χ3n) is 12.8. The molecule has 56 heavy (non-hydrogen) atoms. The van der Waals surface area contributed by atoms with Gasteiger partial charge in [-0.25, -0.2) is 0 Å². The molecule has 0 atom stereocenters. The Morgan fingerprint density at radius 1 is 0.268 bits per heavy atom. The number of fused-ring (bicyclic) bond motifs is 15. The molecule has 0 aliphatic heterocycles. The lowest BCUT2D eigenvalue weighted by molar-refractivity contribution is 0.669. The molecule has 0 N–H and O–H groups in total. The average Bonchev–Trinajstić information content (AvgIpc) is 3.93. The Morgan fingerprint density at radius 3 is 1.29 bits per heavy atom. The van der Waals surface area contributed by atoms with Crippen molar-refractivity contribution < 1.29 is 4.42 Å². The molecule has 14 aromatic rings. The van der Waals surface area contributed by atoms with Crippen LogP contribution in [0.2, 0.25) is 0 Å². The van der Waals surface area contributed by atoms with Crippen molar-refractivity contribution in [2.24, 2.45) is 0 Å². The standard InChI is InChI=1S/C54H29NO/c1-2-9-35-34(8-1)36-22-18-31(30-20-24-38-40-11-6-16-50-52(40)53-41(44(38)26-30)12-7-17-51(53)56-50)27-45(36)46-28-32(19-23-37(35)46)33-21-25-49-47(29-33)43-14-5-13-42-39-10-3-4-15-48(39)55(49)54(42)43/h1-29H. The molecule has 3 heterocycles. The van der Waals surface area contributed by atoms with Gasteiger partial charge in [-0.1, -0.05) is 127 Å². The number of aromatic nitrogens is 1. The maximum atomic E-state index is 6.33. The molecule has 14 rings (SSSR count). The van der Waals surface area contributed by atoms with Crippen LogP contribution in [0.4, 0.5) is 0 Å². The third-order valence-corrected chi connectivity index (χ3v) is 12.8. The quantitative estimate of drug-likeness (QED) is 0.164. The minimum Gasteiger partial charge on any atom is -0.456 e. The molecule has 256 valence electrons. The number of rotatable bonds is 2. The maximum absolute atomic E-state index is 6.33. The molecule has 2 nitrogen and oxygen atoms in total. The zero-order valence-corrected chi connectivity index (χ0v) is 30.1. The van der Waals surface area contributed by atoms with Crippen LogP contribution in [0.1, 0.15) is 0 Å². The van der Waals surface area contributed by atoms with Gasteiger partial charge in [-0.05, 0) is 125 Å². The van der Waals surface area contributed by atoms with Crippen LogP contribution in [0.3, 0.4) is 0 Å². The highest BCUT2D eigenvalue weighted by atomic mass is 16.3. The van der Waals surface area contributed by atoms with Gasteiger partial charge in [0.15, 0.2) is 0 Å². The fourth-order valence-corrected chi connectivity index (χ4v) is 10.4. The van der Waals surface area contributed by atoms with E-state index in [1.807, 2.05) is 0 Å². The first-order valence-electron chi connectivity index (χ1n) is 19.4. The van der Waals surface area contributed by atoms with Crippen molar-refractivity contribution in [1.82, 2.24) is 4.40 Å². The van der Waals surface area contributed by atoms with Crippen molar-refractivity contribution in [3.8, 4) is 22.3 Å². The van der Waals surface area contributed by atoms with E-state index in [2.05, 4.69) is 180 Å². The number of nitrogens with zero attached hydrogens (tertiary/aromatic N) is 1. The first-order chi connectivity index (χ1) is 27.8. The molecule has 0 bridgehead atoms. The van der Waals surface area contributed by atoms with Crippen molar-refractivity contribution in [2.75, 3.05) is 0 Å². The monoisotopic (exact) mass is 707 g/mol. The summed E-state index contributed by atoms with van der Waals surface area (Å²) >= 11 is 0. The summed E-state index contributed by atoms with van der Waals surface area (Å²) in [6.07, 6.45) is 0. The molecular formula is C54H29NO. The lowest BCUT2D eigenvalue weighted by Gasteiger charge is -2.14. The van der Waals surface area contributed by atoms with E-state index in [4.69, 9.17) is 4.42 Å². The van der Waals surface area contributed by atoms with Gasteiger partial charge in [0.05, 0.1) is 16.6 Å². The zero-order valence-electron chi connectivity index (χ0n) is 30.1. The molecular weight excluding hydrogens is 679 g/mol. The summed E-state index contributed by atoms with van der Waals surface area (Å²) in [4.78, 5) is 0. The summed E-state index contributed by atoms with van der Waals surface area (Å²) in [7, 11) is 0. The minimum atomic E-state index is 0.948. The van der Waals surface area contributed by atoms with Crippen molar-refractivity contribution in [1.29, 1.82) is 0 Å². The van der Waals surface area contributed by atoms with E-state index in [1.54, 1.807) is 0 Å². The Morgan fingerprint density at radius 2 is 0.661 bits per heavy atom. The molecule has 3 aromatic heterocycles. The largest absolute Gasteiger partial charge is 0.456 e. The topological polar surface area (TPSA) is 17.6 Å². The van der Waals surface area contributed by atoms with Crippen LogP contribution in [0.25, 0.3) is 136 Å². The van der Waals surface area contributed by atoms with Crippen LogP contribution in [-0.4, -0.2) is 4.40 Å². The maximum Gasteiger partial charge on any atom is 0.136 e. The minimum absolute atomic E-state index is 0.948. The molecule has 0 aliphatic carbocycles. The summed E-state index contributed by atoms with van der Waals surface area (Å²) in [6, 6.07) is 65.4. The molecule has 11 aromatic carbocycles. The Balaban J connectivity index is 1.00. The molecule has 0 amide bonds. The average molecular weight is 708 g/mol. The van der Waals surface area contributed by atoms with Gasteiger partial charge >= 0.3 is 0 Å². The molecule has 0 radical (unpaired) electrons. The van der Waals surface area contributed by atoms with Crippen molar-refractivity contribution >= 4 is 114 Å². The van der Waals surface area contributed by atoms with Crippen LogP contribution in [0.15, 0.2) is 180 Å². The van der Waals surface area contributed by atoms with Gasteiger partial charge in [0.1, 0.15) is 11.2 Å². The van der Waals surface area contributed by atoms with E-state index >= 15 is 0 Å². The number of para-hydroxylation sites is 2. The number of furan rings is 1. The summed E-state index contributed by atoms with van der Waals surface area (Å²) in [5, 5.41) is 20.3. The van der Waals surface area contributed by atoms with Gasteiger partial charge in [-0.3, -0.25) is 0 Å². The summed E-state index contributed by atoms with van der Waals surface area (Å²) in [6.45, 7) is 0. The fourth-order valence-electron chi connectivity index (χ4n) is 10.4. The van der Waals surface area contributed by atoms with Gasteiger partial charge in [0.25, 0.3) is 0 Å². The SMILES string of the molecule is c1ccc2c(c1)c1ccc(-c3ccc4c(c3)c3cccc5oc6cccc4c6c53)cc1c1cc(-c3ccc4c(c3)c3cccc5c6ccccc6n4c53)ccc21. The Hall–Kier alpha value is -7.42. The van der Waals surface area contributed by atoms with E-state index in [0.717, 1.165) is 11.2 Å². The first kappa shape index (κ1) is 29.0. The summed E-state index contributed by atoms with van der Waals surface area (Å²) < 4.78 is 8.78. The number of hydrogen-bond acceptors (Lipinski definition) is 1. The fraction of sp³-hybridized carbons (Fsp3) is 0. The normalized spacial score (nSPS) is 12.6. The lowest BCUT2D eigenvalue weighted by Crippen LogP contribution is -1.88. The Labute approximate surface area is 319 Å². The predicted molar refractivity (Wildman–Crippen MR) is 238 cm³/mol. The van der Waals surface area contributed by atoms with Crippen LogP contribution in [0.5, 0.6) is 0 Å². The van der Waals surface area contributed by atoms with Crippen molar-refractivity contribution in [2.45, 2.75) is 0 Å². The molecule has 0 unspecified atom stereocenters. The Bertz CT molecular complexity index is 3990. The van der Waals surface area contributed by atoms with E-state index in [-0.39, 0.29) is 0 Å². The Kier molecular flexibility index (Phi) is 5.28. The second-order valence-electron chi connectivity index (χ2n) is 15.6. The van der Waals surface area contributed by atoms with Gasteiger partial charge in [0, 0.05) is 32.3 Å². The smallest absolute Gasteiger partial charge is 0.136 e. The third kappa shape index (κ3) is 3.57. The van der Waals surface area contributed by atoms with E-state index in [0.29, 0.717) is 0 Å². The molecule has 0 aliphatic rings. The van der Waals surface area contributed by atoms with Gasteiger partial charge in [-0.2, -0.15) is 0 Å². The van der Waals surface area contributed by atoms with Crippen LogP contribution >= 0.6 is 0 Å². The second-order valence-corrected chi connectivity index (χ2v) is 15.6. The van der Waals surface area contributed by atoms with E-state index in [9.17, 15) is 0 Å². The van der Waals surface area contributed by atoms with Gasteiger partial charge < -0.3 is 8.82 Å². The first-order valence-corrected chi connectivity index (χ1v) is 19.4. The van der Waals surface area contributed by atoms with E-state index in [1.165, 1.54) is 125 Å². The van der Waals surface area contributed by atoms with Crippen LogP contribution < -0.4 is 0 Å². The highest BCUT2D eigenvalue weighted by Crippen LogP contribution is 2.45.